The molecule has 3 rings (SSSR count). The van der Waals surface area contributed by atoms with Crippen molar-refractivity contribution in [2.24, 2.45) is 23.7 Å². The smallest absolute Gasteiger partial charge is 0.315 e. The van der Waals surface area contributed by atoms with Crippen LogP contribution in [-0.2, 0) is 9.53 Å². The van der Waals surface area contributed by atoms with E-state index in [2.05, 4.69) is 44.0 Å². The monoisotopic (exact) mass is 318 g/mol. The summed E-state index contributed by atoms with van der Waals surface area (Å²) >= 11 is 6.66. The Hall–Kier alpha value is -0.0900. The van der Waals surface area contributed by atoms with Crippen molar-refractivity contribution in [2.45, 2.75) is 6.42 Å². The van der Waals surface area contributed by atoms with Gasteiger partial charge in [-0.05, 0) is 50.1 Å². The van der Waals surface area contributed by atoms with Gasteiger partial charge in [-0.1, -0.05) is 12.2 Å². The normalized spacial score (nSPS) is 43.0. The number of fused-ring (bicyclic) bond motifs is 5. The molecule has 0 unspecified atom stereocenters. The minimum Gasteiger partial charge on any atom is -0.429 e. The minimum atomic E-state index is -0.0572. The summed E-state index contributed by atoms with van der Waals surface area (Å²) in [4.78, 5) is 11.6. The molecule has 1 saturated heterocycles. The standard InChI is InChI=1S/C10H8Br2O2/c11-9(12)8-6-4-1-2-5(3-4)7(6)10(13)14-8/h1-2,4-7H,3H2/t4-,5-,6+,7+/m0/s1. The Morgan fingerprint density at radius 3 is 2.57 bits per heavy atom. The number of hydrogen-bond acceptors (Lipinski definition) is 2. The molecule has 2 nitrogen and oxygen atoms in total. The van der Waals surface area contributed by atoms with Gasteiger partial charge in [0, 0.05) is 5.92 Å². The number of esters is 1. The largest absolute Gasteiger partial charge is 0.429 e. The molecular formula is C10H8Br2O2. The lowest BCUT2D eigenvalue weighted by Crippen LogP contribution is -2.19. The number of carbonyl (C=O) groups excluding carboxylic acids is 1. The van der Waals surface area contributed by atoms with Crippen molar-refractivity contribution in [2.75, 3.05) is 0 Å². The van der Waals surface area contributed by atoms with Crippen LogP contribution in [0.4, 0.5) is 0 Å². The third-order valence-electron chi connectivity index (χ3n) is 3.43. The van der Waals surface area contributed by atoms with Crippen molar-refractivity contribution < 1.29 is 9.53 Å². The van der Waals surface area contributed by atoms with Gasteiger partial charge in [-0.2, -0.15) is 0 Å². The summed E-state index contributed by atoms with van der Waals surface area (Å²) in [7, 11) is 0. The average molecular weight is 320 g/mol. The molecule has 14 heavy (non-hydrogen) atoms. The van der Waals surface area contributed by atoms with Gasteiger partial charge in [-0.25, -0.2) is 0 Å². The summed E-state index contributed by atoms with van der Waals surface area (Å²) in [5.74, 6) is 1.98. The molecule has 0 spiro atoms. The van der Waals surface area contributed by atoms with E-state index in [-0.39, 0.29) is 17.8 Å². The van der Waals surface area contributed by atoms with E-state index in [1.54, 1.807) is 0 Å². The average Bonchev–Trinajstić information content (AvgIpc) is 2.75. The predicted molar refractivity (Wildman–Crippen MR) is 58.7 cm³/mol. The molecule has 74 valence electrons. The van der Waals surface area contributed by atoms with E-state index in [0.29, 0.717) is 11.8 Å². The quantitative estimate of drug-likeness (QED) is 0.507. The first-order valence-electron chi connectivity index (χ1n) is 4.63. The van der Waals surface area contributed by atoms with Crippen LogP contribution in [0, 0.1) is 23.7 Å². The van der Waals surface area contributed by atoms with Crippen LogP contribution in [-0.4, -0.2) is 5.97 Å². The van der Waals surface area contributed by atoms with Gasteiger partial charge >= 0.3 is 5.97 Å². The Labute approximate surface area is 98.6 Å². The summed E-state index contributed by atoms with van der Waals surface area (Å²) in [5, 5.41) is 0. The van der Waals surface area contributed by atoms with Gasteiger partial charge in [0.2, 0.25) is 0 Å². The molecule has 4 atom stereocenters. The molecule has 0 amide bonds. The van der Waals surface area contributed by atoms with E-state index in [1.807, 2.05) is 0 Å². The molecule has 2 bridgehead atoms. The van der Waals surface area contributed by atoms with E-state index in [4.69, 9.17) is 4.74 Å². The van der Waals surface area contributed by atoms with Crippen LogP contribution in [0.15, 0.2) is 21.3 Å². The first-order chi connectivity index (χ1) is 6.68. The van der Waals surface area contributed by atoms with E-state index < -0.39 is 0 Å². The highest BCUT2D eigenvalue weighted by atomic mass is 79.9. The summed E-state index contributed by atoms with van der Waals surface area (Å²) < 4.78 is 6.06. The van der Waals surface area contributed by atoms with Gasteiger partial charge in [0.1, 0.15) is 5.76 Å². The van der Waals surface area contributed by atoms with Gasteiger partial charge in [0.05, 0.1) is 9.31 Å². The van der Waals surface area contributed by atoms with Crippen LogP contribution < -0.4 is 0 Å². The topological polar surface area (TPSA) is 26.3 Å². The highest BCUT2D eigenvalue weighted by Gasteiger charge is 2.56. The highest BCUT2D eigenvalue weighted by molar-refractivity contribution is 9.28. The van der Waals surface area contributed by atoms with E-state index in [9.17, 15) is 4.79 Å². The number of hydrogen-bond donors (Lipinski definition) is 0. The lowest BCUT2D eigenvalue weighted by atomic mass is 9.84. The maximum absolute atomic E-state index is 11.6. The fraction of sp³-hybridized carbons (Fsp3) is 0.500. The van der Waals surface area contributed by atoms with E-state index >= 15 is 0 Å². The molecule has 0 N–H and O–H groups in total. The molecule has 0 aromatic heterocycles. The molecule has 2 aliphatic carbocycles. The fourth-order valence-electron chi connectivity index (χ4n) is 2.91. The van der Waals surface area contributed by atoms with Gasteiger partial charge in [0.15, 0.2) is 0 Å². The van der Waals surface area contributed by atoms with Crippen molar-refractivity contribution in [3.8, 4) is 0 Å². The molecule has 1 heterocycles. The molecule has 0 radical (unpaired) electrons. The second kappa shape index (κ2) is 2.95. The maximum atomic E-state index is 11.6. The van der Waals surface area contributed by atoms with Crippen LogP contribution in [0.2, 0.25) is 0 Å². The number of halogens is 2. The Morgan fingerprint density at radius 2 is 1.93 bits per heavy atom. The molecule has 3 aliphatic rings. The van der Waals surface area contributed by atoms with Crippen molar-refractivity contribution in [3.63, 3.8) is 0 Å². The zero-order valence-electron chi connectivity index (χ0n) is 7.24. The van der Waals surface area contributed by atoms with Gasteiger partial charge in [-0.15, -0.1) is 0 Å². The van der Waals surface area contributed by atoms with Crippen LogP contribution >= 0.6 is 31.9 Å². The zero-order chi connectivity index (χ0) is 9.87. The number of cyclic esters (lactones) is 1. The molecule has 0 aromatic rings. The molecule has 1 saturated carbocycles. The Bertz CT molecular complexity index is 368. The third-order valence-corrected chi connectivity index (χ3v) is 4.21. The first-order valence-corrected chi connectivity index (χ1v) is 6.22. The zero-order valence-corrected chi connectivity index (χ0v) is 10.4. The molecular weight excluding hydrogens is 312 g/mol. The molecule has 2 fully saturated rings. The third kappa shape index (κ3) is 1.04. The van der Waals surface area contributed by atoms with Crippen molar-refractivity contribution in [3.05, 3.63) is 21.3 Å². The number of allylic oxidation sites excluding steroid dienone is 3. The Kier molecular flexibility index (Phi) is 1.93. The SMILES string of the molecule is O=C1OC(=C(Br)Br)[C@H]2[C@H]1[C@H]1C=C[C@H]2C1. The Balaban J connectivity index is 2.08. The van der Waals surface area contributed by atoms with Gasteiger partial charge < -0.3 is 4.74 Å². The van der Waals surface area contributed by atoms with Crippen molar-refractivity contribution >= 4 is 37.8 Å². The van der Waals surface area contributed by atoms with Crippen molar-refractivity contribution in [1.29, 1.82) is 0 Å². The molecule has 4 heteroatoms. The number of rotatable bonds is 0. The fourth-order valence-corrected chi connectivity index (χ4v) is 3.60. The van der Waals surface area contributed by atoms with Crippen LogP contribution in [0.5, 0.6) is 0 Å². The van der Waals surface area contributed by atoms with Gasteiger partial charge in [-0.3, -0.25) is 4.79 Å². The predicted octanol–water partition coefficient (Wildman–Crippen LogP) is 2.94. The summed E-state index contributed by atoms with van der Waals surface area (Å²) in [5.41, 5.74) is 0. The van der Waals surface area contributed by atoms with Gasteiger partial charge in [0.25, 0.3) is 0 Å². The summed E-state index contributed by atoms with van der Waals surface area (Å²) in [6.45, 7) is 0. The van der Waals surface area contributed by atoms with E-state index in [1.165, 1.54) is 0 Å². The number of carbonyl (C=O) groups is 1. The second-order valence-electron chi connectivity index (χ2n) is 4.05. The summed E-state index contributed by atoms with van der Waals surface area (Å²) in [6.07, 6.45) is 5.50. The minimum absolute atomic E-state index is 0.0572. The summed E-state index contributed by atoms with van der Waals surface area (Å²) in [6, 6.07) is 0. The maximum Gasteiger partial charge on any atom is 0.315 e. The lowest BCUT2D eigenvalue weighted by molar-refractivity contribution is -0.139. The van der Waals surface area contributed by atoms with E-state index in [0.717, 1.165) is 15.6 Å². The van der Waals surface area contributed by atoms with Crippen LogP contribution in [0.3, 0.4) is 0 Å². The first kappa shape index (κ1) is 9.16. The molecule has 1 aliphatic heterocycles. The lowest BCUT2D eigenvalue weighted by Gasteiger charge is -2.15. The number of ether oxygens (including phenoxy) is 1. The second-order valence-corrected chi connectivity index (χ2v) is 6.70. The van der Waals surface area contributed by atoms with Crippen LogP contribution in [0.1, 0.15) is 6.42 Å². The van der Waals surface area contributed by atoms with Crippen LogP contribution in [0.25, 0.3) is 0 Å². The molecule has 0 aromatic carbocycles. The Morgan fingerprint density at radius 1 is 1.29 bits per heavy atom. The highest BCUT2D eigenvalue weighted by Crippen LogP contribution is 2.56. The van der Waals surface area contributed by atoms with Crippen molar-refractivity contribution in [1.82, 2.24) is 0 Å².